The second-order valence-electron chi connectivity index (χ2n) is 6.61. The molecule has 6 nitrogen and oxygen atoms in total. The highest BCUT2D eigenvalue weighted by atomic mass is 16.7. The predicted octanol–water partition coefficient (Wildman–Crippen LogP) is 3.58. The van der Waals surface area contributed by atoms with Gasteiger partial charge in [-0.1, -0.05) is 25.1 Å². The number of rotatable bonds is 5. The summed E-state index contributed by atoms with van der Waals surface area (Å²) < 4.78 is 10.6. The van der Waals surface area contributed by atoms with Crippen LogP contribution >= 0.6 is 0 Å². The third-order valence-electron chi connectivity index (χ3n) is 4.41. The molecule has 136 valence electrons. The number of nitrogens with one attached hydrogen (secondary N) is 2. The van der Waals surface area contributed by atoms with Crippen LogP contribution in [-0.4, -0.2) is 18.6 Å². The van der Waals surface area contributed by atoms with Crippen LogP contribution < -0.4 is 20.1 Å². The molecule has 0 radical (unpaired) electrons. The van der Waals surface area contributed by atoms with Crippen molar-refractivity contribution in [2.75, 3.05) is 17.4 Å². The number of para-hydroxylation sites is 1. The molecular weight excluding hydrogens is 332 g/mol. The quantitative estimate of drug-likeness (QED) is 0.805. The first kappa shape index (κ1) is 17.8. The predicted molar refractivity (Wildman–Crippen MR) is 99.4 cm³/mol. The highest BCUT2D eigenvalue weighted by Crippen LogP contribution is 2.34. The topological polar surface area (TPSA) is 76.7 Å². The molecule has 1 aliphatic rings. The van der Waals surface area contributed by atoms with Crippen molar-refractivity contribution >= 4 is 23.2 Å². The maximum atomic E-state index is 12.7. The molecule has 1 heterocycles. The molecule has 0 aliphatic carbocycles. The molecule has 0 spiro atoms. The van der Waals surface area contributed by atoms with Crippen molar-refractivity contribution in [2.45, 2.75) is 27.2 Å². The highest BCUT2D eigenvalue weighted by Gasteiger charge is 2.36. The zero-order valence-electron chi connectivity index (χ0n) is 15.1. The van der Waals surface area contributed by atoms with Gasteiger partial charge in [-0.25, -0.2) is 0 Å². The first-order chi connectivity index (χ1) is 12.4. The van der Waals surface area contributed by atoms with Gasteiger partial charge in [-0.15, -0.1) is 0 Å². The molecule has 2 amide bonds. The number of hydrogen-bond acceptors (Lipinski definition) is 4. The van der Waals surface area contributed by atoms with Gasteiger partial charge in [0.05, 0.1) is 0 Å². The zero-order valence-corrected chi connectivity index (χ0v) is 15.1. The molecule has 6 heteroatoms. The summed E-state index contributed by atoms with van der Waals surface area (Å²) in [5, 5.41) is 5.64. The Kier molecular flexibility index (Phi) is 4.84. The van der Waals surface area contributed by atoms with E-state index >= 15 is 0 Å². The third kappa shape index (κ3) is 3.49. The standard InChI is InChI=1S/C20H22N2O4/c1-4-13-7-5-6-8-15(13)22-19(24)20(2,3)18(23)21-14-9-10-16-17(11-14)26-12-25-16/h5-11H,4,12H2,1-3H3,(H,21,23)(H,22,24). The minimum Gasteiger partial charge on any atom is -0.454 e. The Morgan fingerprint density at radius 3 is 2.46 bits per heavy atom. The summed E-state index contributed by atoms with van der Waals surface area (Å²) in [4.78, 5) is 25.4. The van der Waals surface area contributed by atoms with Gasteiger partial charge in [0.2, 0.25) is 18.6 Å². The van der Waals surface area contributed by atoms with E-state index in [-0.39, 0.29) is 12.7 Å². The van der Waals surface area contributed by atoms with Crippen LogP contribution in [-0.2, 0) is 16.0 Å². The van der Waals surface area contributed by atoms with E-state index in [1.165, 1.54) is 0 Å². The molecule has 0 fully saturated rings. The minimum absolute atomic E-state index is 0.164. The van der Waals surface area contributed by atoms with E-state index in [0.717, 1.165) is 17.7 Å². The van der Waals surface area contributed by atoms with Crippen LogP contribution in [0.25, 0.3) is 0 Å². The molecular formula is C20H22N2O4. The summed E-state index contributed by atoms with van der Waals surface area (Å²) in [5.74, 6) is 0.442. The molecule has 0 aromatic heterocycles. The van der Waals surface area contributed by atoms with E-state index in [0.29, 0.717) is 17.2 Å². The summed E-state index contributed by atoms with van der Waals surface area (Å²) >= 11 is 0. The molecule has 1 aliphatic heterocycles. The van der Waals surface area contributed by atoms with Gasteiger partial charge in [0.15, 0.2) is 11.5 Å². The Bertz CT molecular complexity index is 845. The minimum atomic E-state index is -1.25. The average molecular weight is 354 g/mol. The van der Waals surface area contributed by atoms with Gasteiger partial charge in [0, 0.05) is 17.4 Å². The Balaban J connectivity index is 1.72. The smallest absolute Gasteiger partial charge is 0.239 e. The van der Waals surface area contributed by atoms with E-state index in [9.17, 15) is 9.59 Å². The fourth-order valence-electron chi connectivity index (χ4n) is 2.59. The summed E-state index contributed by atoms with van der Waals surface area (Å²) in [7, 11) is 0. The van der Waals surface area contributed by atoms with Crippen molar-refractivity contribution in [1.29, 1.82) is 0 Å². The van der Waals surface area contributed by atoms with Crippen LogP contribution in [0.5, 0.6) is 11.5 Å². The molecule has 2 aromatic carbocycles. The number of carbonyl (C=O) groups is 2. The highest BCUT2D eigenvalue weighted by molar-refractivity contribution is 6.14. The van der Waals surface area contributed by atoms with Gasteiger partial charge in [0.25, 0.3) is 0 Å². The molecule has 0 bridgehead atoms. The van der Waals surface area contributed by atoms with E-state index in [4.69, 9.17) is 9.47 Å². The molecule has 2 aromatic rings. The lowest BCUT2D eigenvalue weighted by Gasteiger charge is -2.23. The normalized spacial score (nSPS) is 12.6. The fraction of sp³-hybridized carbons (Fsp3) is 0.300. The Hall–Kier alpha value is -3.02. The molecule has 26 heavy (non-hydrogen) atoms. The van der Waals surface area contributed by atoms with Gasteiger partial charge in [-0.05, 0) is 44.0 Å². The molecule has 0 unspecified atom stereocenters. The van der Waals surface area contributed by atoms with Crippen LogP contribution in [0.3, 0.4) is 0 Å². The number of fused-ring (bicyclic) bond motifs is 1. The second kappa shape index (κ2) is 7.07. The van der Waals surface area contributed by atoms with Gasteiger partial charge in [-0.2, -0.15) is 0 Å². The summed E-state index contributed by atoms with van der Waals surface area (Å²) in [6.07, 6.45) is 0.792. The number of benzene rings is 2. The van der Waals surface area contributed by atoms with E-state index in [2.05, 4.69) is 10.6 Å². The number of hydrogen-bond donors (Lipinski definition) is 2. The Morgan fingerprint density at radius 2 is 1.69 bits per heavy atom. The van der Waals surface area contributed by atoms with Crippen molar-refractivity contribution in [3.63, 3.8) is 0 Å². The maximum Gasteiger partial charge on any atom is 0.239 e. The molecule has 2 N–H and O–H groups in total. The average Bonchev–Trinajstić information content (AvgIpc) is 3.09. The van der Waals surface area contributed by atoms with Gasteiger partial charge >= 0.3 is 0 Å². The zero-order chi connectivity index (χ0) is 18.7. The fourth-order valence-corrected chi connectivity index (χ4v) is 2.59. The van der Waals surface area contributed by atoms with Crippen molar-refractivity contribution in [1.82, 2.24) is 0 Å². The first-order valence-electron chi connectivity index (χ1n) is 8.52. The van der Waals surface area contributed by atoms with Crippen molar-refractivity contribution in [3.8, 4) is 11.5 Å². The second-order valence-corrected chi connectivity index (χ2v) is 6.61. The van der Waals surface area contributed by atoms with Crippen LogP contribution in [0, 0.1) is 5.41 Å². The van der Waals surface area contributed by atoms with Crippen molar-refractivity contribution in [2.24, 2.45) is 5.41 Å². The number of carbonyl (C=O) groups excluding carboxylic acids is 2. The molecule has 0 saturated heterocycles. The lowest BCUT2D eigenvalue weighted by atomic mass is 9.90. The molecule has 3 rings (SSSR count). The monoisotopic (exact) mass is 354 g/mol. The van der Waals surface area contributed by atoms with Crippen molar-refractivity contribution < 1.29 is 19.1 Å². The van der Waals surface area contributed by atoms with Gasteiger partial charge in [-0.3, -0.25) is 9.59 Å². The van der Waals surface area contributed by atoms with E-state index in [1.807, 2.05) is 31.2 Å². The lowest BCUT2D eigenvalue weighted by molar-refractivity contribution is -0.135. The van der Waals surface area contributed by atoms with Crippen LogP contribution in [0.15, 0.2) is 42.5 Å². The molecule has 0 atom stereocenters. The Morgan fingerprint density at radius 1 is 1.00 bits per heavy atom. The maximum absolute atomic E-state index is 12.7. The SMILES string of the molecule is CCc1ccccc1NC(=O)C(C)(C)C(=O)Nc1ccc2c(c1)OCO2. The number of anilines is 2. The first-order valence-corrected chi connectivity index (χ1v) is 8.52. The van der Waals surface area contributed by atoms with Gasteiger partial charge < -0.3 is 20.1 Å². The number of amides is 2. The largest absolute Gasteiger partial charge is 0.454 e. The summed E-state index contributed by atoms with van der Waals surface area (Å²) in [6.45, 7) is 5.37. The Labute approximate surface area is 152 Å². The van der Waals surface area contributed by atoms with Crippen LogP contribution in [0.1, 0.15) is 26.3 Å². The molecule has 0 saturated carbocycles. The van der Waals surface area contributed by atoms with Gasteiger partial charge in [0.1, 0.15) is 5.41 Å². The summed E-state index contributed by atoms with van der Waals surface area (Å²) in [6, 6.07) is 12.7. The number of aryl methyl sites for hydroxylation is 1. The van der Waals surface area contributed by atoms with Crippen LogP contribution in [0.2, 0.25) is 0 Å². The van der Waals surface area contributed by atoms with E-state index in [1.54, 1.807) is 32.0 Å². The van der Waals surface area contributed by atoms with E-state index < -0.39 is 11.3 Å². The van der Waals surface area contributed by atoms with Crippen LogP contribution in [0.4, 0.5) is 11.4 Å². The van der Waals surface area contributed by atoms with Crippen molar-refractivity contribution in [3.05, 3.63) is 48.0 Å². The summed E-state index contributed by atoms with van der Waals surface area (Å²) in [5.41, 5.74) is 1.04. The third-order valence-corrected chi connectivity index (χ3v) is 4.41. The number of ether oxygens (including phenoxy) is 2. The lowest BCUT2D eigenvalue weighted by Crippen LogP contribution is -2.41.